The first kappa shape index (κ1) is 17.4. The van der Waals surface area contributed by atoms with Crippen LogP contribution in [-0.4, -0.2) is 42.5 Å². The fourth-order valence-electron chi connectivity index (χ4n) is 2.50. The Morgan fingerprint density at radius 1 is 1.42 bits per heavy atom. The van der Waals surface area contributed by atoms with E-state index in [9.17, 15) is 14.4 Å². The summed E-state index contributed by atoms with van der Waals surface area (Å²) in [5.74, 6) is 0.434. The number of amides is 2. The van der Waals surface area contributed by atoms with E-state index < -0.39 is 23.2 Å². The number of nitrogens with one attached hydrogen (secondary N) is 1. The molecule has 1 atom stereocenters. The second-order valence-electron chi connectivity index (χ2n) is 5.34. The molecular formula is C18H18N2O4. The molecule has 6 nitrogen and oxygen atoms in total. The van der Waals surface area contributed by atoms with Crippen molar-refractivity contribution in [3.8, 4) is 12.3 Å². The highest BCUT2D eigenvalue weighted by molar-refractivity contribution is 6.13. The molecular weight excluding hydrogens is 308 g/mol. The summed E-state index contributed by atoms with van der Waals surface area (Å²) in [6.07, 6.45) is 6.58. The predicted molar refractivity (Wildman–Crippen MR) is 87.5 cm³/mol. The van der Waals surface area contributed by atoms with E-state index in [1.807, 2.05) is 0 Å². The van der Waals surface area contributed by atoms with E-state index in [0.29, 0.717) is 5.56 Å². The smallest absolute Gasteiger partial charge is 0.324 e. The fourth-order valence-corrected chi connectivity index (χ4v) is 2.50. The highest BCUT2D eigenvalue weighted by Crippen LogP contribution is 2.29. The number of carbonyl (C=O) groups is 3. The quantitative estimate of drug-likeness (QED) is 0.287. The molecule has 1 unspecified atom stereocenters. The molecule has 2 rings (SSSR count). The zero-order chi connectivity index (χ0) is 17.6. The highest BCUT2D eigenvalue weighted by atomic mass is 16.5. The van der Waals surface area contributed by atoms with Gasteiger partial charge in [0, 0.05) is 18.5 Å². The van der Waals surface area contributed by atoms with E-state index in [1.54, 1.807) is 30.3 Å². The number of hydrogen-bond acceptors (Lipinski definition) is 5. The average Bonchev–Trinajstić information content (AvgIpc) is 2.61. The summed E-state index contributed by atoms with van der Waals surface area (Å²) < 4.78 is 5.04. The summed E-state index contributed by atoms with van der Waals surface area (Å²) in [6, 6.07) is 8.36. The van der Waals surface area contributed by atoms with Crippen molar-refractivity contribution >= 4 is 17.8 Å². The number of imide groups is 1. The Hall–Kier alpha value is -2.91. The van der Waals surface area contributed by atoms with Crippen LogP contribution in [0.5, 0.6) is 0 Å². The second-order valence-corrected chi connectivity index (χ2v) is 5.34. The first-order valence-electron chi connectivity index (χ1n) is 7.40. The third-order valence-corrected chi connectivity index (χ3v) is 3.74. The minimum absolute atomic E-state index is 0.00756. The van der Waals surface area contributed by atoms with Gasteiger partial charge in [-0.1, -0.05) is 30.9 Å². The van der Waals surface area contributed by atoms with Gasteiger partial charge in [0.05, 0.1) is 6.67 Å². The topological polar surface area (TPSA) is 75.7 Å². The van der Waals surface area contributed by atoms with Gasteiger partial charge < -0.3 is 4.74 Å². The molecule has 0 saturated carbocycles. The number of terminal acetylenes is 1. The molecule has 24 heavy (non-hydrogen) atoms. The molecule has 1 aliphatic heterocycles. The van der Waals surface area contributed by atoms with Crippen molar-refractivity contribution in [2.24, 2.45) is 5.41 Å². The van der Waals surface area contributed by atoms with Crippen LogP contribution in [0.1, 0.15) is 16.8 Å². The van der Waals surface area contributed by atoms with Gasteiger partial charge in [-0.05, 0) is 12.1 Å². The van der Waals surface area contributed by atoms with Crippen LogP contribution in [0.3, 0.4) is 0 Å². The molecule has 1 fully saturated rings. The maximum absolute atomic E-state index is 12.9. The average molecular weight is 326 g/mol. The van der Waals surface area contributed by atoms with E-state index in [4.69, 9.17) is 11.2 Å². The van der Waals surface area contributed by atoms with Crippen LogP contribution >= 0.6 is 0 Å². The molecule has 1 heterocycles. The molecule has 0 radical (unpaired) electrons. The number of benzene rings is 1. The fraction of sp³-hybridized carbons (Fsp3) is 0.278. The van der Waals surface area contributed by atoms with Crippen molar-refractivity contribution in [2.75, 3.05) is 19.8 Å². The molecule has 2 amide bonds. The predicted octanol–water partition coefficient (Wildman–Crippen LogP) is 0.955. The second kappa shape index (κ2) is 7.57. The van der Waals surface area contributed by atoms with E-state index in [0.717, 1.165) is 4.90 Å². The molecule has 1 saturated heterocycles. The van der Waals surface area contributed by atoms with Gasteiger partial charge in [0.2, 0.25) is 5.91 Å². The van der Waals surface area contributed by atoms with E-state index in [-0.39, 0.29) is 26.2 Å². The maximum atomic E-state index is 12.9. The molecule has 1 aromatic carbocycles. The Morgan fingerprint density at radius 2 is 2.12 bits per heavy atom. The molecule has 1 N–H and O–H groups in total. The lowest BCUT2D eigenvalue weighted by Gasteiger charge is -2.38. The van der Waals surface area contributed by atoms with Crippen molar-refractivity contribution < 1.29 is 19.1 Å². The standard InChI is InChI=1S/C18H18N2O4/c1-3-10-18(17(23)24-11-4-2)12-19-13-20(16(18)22)15(21)14-8-6-5-7-9-14/h1,4-9,19H,2,10-13H2. The Labute approximate surface area is 140 Å². The van der Waals surface area contributed by atoms with Gasteiger partial charge in [0.15, 0.2) is 5.41 Å². The molecule has 0 aliphatic carbocycles. The van der Waals surface area contributed by atoms with Gasteiger partial charge in [-0.25, -0.2) is 0 Å². The van der Waals surface area contributed by atoms with E-state index in [1.165, 1.54) is 6.08 Å². The van der Waals surface area contributed by atoms with Crippen LogP contribution in [0.15, 0.2) is 43.0 Å². The number of esters is 1. The zero-order valence-electron chi connectivity index (χ0n) is 13.2. The SMILES string of the molecule is C#CCC1(C(=O)OCC=C)CNCN(C(=O)c2ccccc2)C1=O. The molecule has 0 bridgehead atoms. The lowest BCUT2D eigenvalue weighted by Crippen LogP contribution is -2.62. The summed E-state index contributed by atoms with van der Waals surface area (Å²) in [7, 11) is 0. The third-order valence-electron chi connectivity index (χ3n) is 3.74. The number of ether oxygens (including phenoxy) is 1. The number of rotatable bonds is 5. The van der Waals surface area contributed by atoms with Gasteiger partial charge in [-0.15, -0.1) is 12.3 Å². The molecule has 0 aromatic heterocycles. The van der Waals surface area contributed by atoms with Crippen LogP contribution in [0.25, 0.3) is 0 Å². The Bertz CT molecular complexity index is 693. The Kier molecular flexibility index (Phi) is 5.51. The summed E-state index contributed by atoms with van der Waals surface area (Å²) in [4.78, 5) is 38.9. The maximum Gasteiger partial charge on any atom is 0.324 e. The van der Waals surface area contributed by atoms with E-state index >= 15 is 0 Å². The van der Waals surface area contributed by atoms with Crippen LogP contribution < -0.4 is 5.32 Å². The van der Waals surface area contributed by atoms with Crippen LogP contribution in [0, 0.1) is 17.8 Å². The number of hydrogen-bond donors (Lipinski definition) is 1. The first-order valence-corrected chi connectivity index (χ1v) is 7.40. The number of carbonyl (C=O) groups excluding carboxylic acids is 3. The Morgan fingerprint density at radius 3 is 2.75 bits per heavy atom. The molecule has 1 aromatic rings. The van der Waals surface area contributed by atoms with Gasteiger partial charge in [-0.2, -0.15) is 0 Å². The van der Waals surface area contributed by atoms with E-state index in [2.05, 4.69) is 17.8 Å². The van der Waals surface area contributed by atoms with Crippen molar-refractivity contribution in [1.82, 2.24) is 10.2 Å². The van der Waals surface area contributed by atoms with Gasteiger partial charge in [0.25, 0.3) is 5.91 Å². The zero-order valence-corrected chi connectivity index (χ0v) is 13.2. The molecule has 0 spiro atoms. The summed E-state index contributed by atoms with van der Waals surface area (Å²) >= 11 is 0. The number of nitrogens with zero attached hydrogens (tertiary/aromatic N) is 1. The highest BCUT2D eigenvalue weighted by Gasteiger charge is 2.52. The largest absolute Gasteiger partial charge is 0.461 e. The molecule has 124 valence electrons. The summed E-state index contributed by atoms with van der Waals surface area (Å²) in [6.45, 7) is 3.46. The van der Waals surface area contributed by atoms with Crippen molar-refractivity contribution in [1.29, 1.82) is 0 Å². The van der Waals surface area contributed by atoms with Gasteiger partial charge >= 0.3 is 5.97 Å². The lowest BCUT2D eigenvalue weighted by molar-refractivity contribution is -0.165. The van der Waals surface area contributed by atoms with Gasteiger partial charge in [0.1, 0.15) is 6.61 Å². The first-order chi connectivity index (χ1) is 11.6. The van der Waals surface area contributed by atoms with Crippen molar-refractivity contribution in [3.63, 3.8) is 0 Å². The van der Waals surface area contributed by atoms with Crippen molar-refractivity contribution in [2.45, 2.75) is 6.42 Å². The van der Waals surface area contributed by atoms with Gasteiger partial charge in [-0.3, -0.25) is 24.6 Å². The lowest BCUT2D eigenvalue weighted by atomic mass is 9.81. The monoisotopic (exact) mass is 326 g/mol. The Balaban J connectivity index is 2.32. The normalized spacial score (nSPS) is 20.1. The minimum atomic E-state index is -1.61. The summed E-state index contributed by atoms with van der Waals surface area (Å²) in [5.41, 5.74) is -1.26. The minimum Gasteiger partial charge on any atom is -0.461 e. The van der Waals surface area contributed by atoms with Crippen LogP contribution in [0.2, 0.25) is 0 Å². The van der Waals surface area contributed by atoms with Crippen molar-refractivity contribution in [3.05, 3.63) is 48.6 Å². The van der Waals surface area contributed by atoms with Crippen LogP contribution in [0.4, 0.5) is 0 Å². The molecule has 6 heteroatoms. The summed E-state index contributed by atoms with van der Waals surface area (Å²) in [5, 5.41) is 2.91. The van der Waals surface area contributed by atoms with Crippen LogP contribution in [-0.2, 0) is 14.3 Å². The molecule has 1 aliphatic rings. The third kappa shape index (κ3) is 3.21.